The smallest absolute Gasteiger partial charge is 0.317 e. The molecule has 1 fully saturated rings. The number of likely N-dealkylation sites (tertiary alicyclic amines) is 1. The van der Waals surface area contributed by atoms with Crippen LogP contribution in [-0.2, 0) is 6.54 Å². The minimum absolute atomic E-state index is 0.0132. The number of carbonyl (C=O) groups is 1. The largest absolute Gasteiger partial charge is 0.336 e. The molecule has 1 aliphatic rings. The zero-order chi connectivity index (χ0) is 18.4. The van der Waals surface area contributed by atoms with Crippen LogP contribution in [0.4, 0.5) is 4.79 Å². The van der Waals surface area contributed by atoms with Gasteiger partial charge in [0, 0.05) is 25.0 Å². The Kier molecular flexibility index (Phi) is 6.69. The summed E-state index contributed by atoms with van der Waals surface area (Å²) in [5.41, 5.74) is 1.14. The first-order valence-electron chi connectivity index (χ1n) is 9.44. The van der Waals surface area contributed by atoms with Crippen molar-refractivity contribution >= 4 is 17.4 Å². The first-order chi connectivity index (χ1) is 12.6. The quantitative estimate of drug-likeness (QED) is 0.819. The van der Waals surface area contributed by atoms with Crippen LogP contribution in [0, 0.1) is 5.92 Å². The molecule has 2 amide bonds. The Morgan fingerprint density at radius 2 is 1.96 bits per heavy atom. The molecule has 1 aliphatic heterocycles. The monoisotopic (exact) mass is 371 g/mol. The summed E-state index contributed by atoms with van der Waals surface area (Å²) >= 11 is 1.78. The van der Waals surface area contributed by atoms with Gasteiger partial charge < -0.3 is 10.2 Å². The second-order valence-electron chi connectivity index (χ2n) is 7.28. The summed E-state index contributed by atoms with van der Waals surface area (Å²) in [6.45, 7) is 5.83. The van der Waals surface area contributed by atoms with E-state index >= 15 is 0 Å². The van der Waals surface area contributed by atoms with E-state index in [0.29, 0.717) is 13.1 Å². The van der Waals surface area contributed by atoms with Crippen LogP contribution in [0.25, 0.3) is 0 Å². The van der Waals surface area contributed by atoms with Crippen LogP contribution in [0.3, 0.4) is 0 Å². The number of urea groups is 1. The third-order valence-corrected chi connectivity index (χ3v) is 6.16. The van der Waals surface area contributed by atoms with Crippen molar-refractivity contribution in [2.24, 2.45) is 5.92 Å². The number of nitrogens with zero attached hydrogens (tertiary/aromatic N) is 2. The van der Waals surface area contributed by atoms with E-state index in [4.69, 9.17) is 0 Å². The fourth-order valence-electron chi connectivity index (χ4n) is 3.48. The maximum atomic E-state index is 12.6. The lowest BCUT2D eigenvalue weighted by molar-refractivity contribution is 0.135. The second kappa shape index (κ2) is 9.19. The Hall–Kier alpha value is -1.85. The highest BCUT2D eigenvalue weighted by atomic mass is 32.1. The summed E-state index contributed by atoms with van der Waals surface area (Å²) in [5, 5.41) is 5.27. The van der Waals surface area contributed by atoms with Crippen LogP contribution in [0.15, 0.2) is 47.8 Å². The Balaban J connectivity index is 1.57. The number of rotatable bonds is 6. The Morgan fingerprint density at radius 3 is 2.62 bits per heavy atom. The minimum atomic E-state index is -0.0132. The third kappa shape index (κ3) is 5.08. The number of piperidine rings is 1. The predicted molar refractivity (Wildman–Crippen MR) is 108 cm³/mol. The molecule has 0 bridgehead atoms. The van der Waals surface area contributed by atoms with Crippen LogP contribution < -0.4 is 5.32 Å². The molecular formula is C21H29N3OS. The first kappa shape index (κ1) is 18.9. The third-order valence-electron chi connectivity index (χ3n) is 5.19. The molecule has 1 saturated heterocycles. The molecule has 4 nitrogen and oxygen atoms in total. The number of thiophene rings is 1. The fraction of sp³-hybridized carbons (Fsp3) is 0.476. The predicted octanol–water partition coefficient (Wildman–Crippen LogP) is 4.36. The van der Waals surface area contributed by atoms with Crippen molar-refractivity contribution in [3.05, 3.63) is 58.3 Å². The van der Waals surface area contributed by atoms with Crippen LogP contribution in [0.5, 0.6) is 0 Å². The number of hydrogen-bond donors (Lipinski definition) is 1. The summed E-state index contributed by atoms with van der Waals surface area (Å²) < 4.78 is 0. The van der Waals surface area contributed by atoms with E-state index in [-0.39, 0.29) is 12.1 Å². The van der Waals surface area contributed by atoms with Crippen LogP contribution in [0.2, 0.25) is 0 Å². The van der Waals surface area contributed by atoms with Gasteiger partial charge in [-0.2, -0.15) is 0 Å². The average molecular weight is 372 g/mol. The highest BCUT2D eigenvalue weighted by molar-refractivity contribution is 7.10. The average Bonchev–Trinajstić information content (AvgIpc) is 3.18. The Bertz CT molecular complexity index is 666. The van der Waals surface area contributed by atoms with Crippen molar-refractivity contribution in [3.63, 3.8) is 0 Å². The molecule has 140 valence electrons. The molecule has 1 N–H and O–H groups in total. The van der Waals surface area contributed by atoms with Gasteiger partial charge >= 0.3 is 6.03 Å². The number of hydrogen-bond acceptors (Lipinski definition) is 3. The maximum Gasteiger partial charge on any atom is 0.317 e. The van der Waals surface area contributed by atoms with E-state index in [1.807, 2.05) is 37.4 Å². The molecule has 0 spiro atoms. The molecule has 0 aliphatic carbocycles. The van der Waals surface area contributed by atoms with Crippen molar-refractivity contribution in [1.82, 2.24) is 15.1 Å². The van der Waals surface area contributed by atoms with Crippen LogP contribution in [0.1, 0.15) is 36.2 Å². The molecule has 2 aromatic rings. The van der Waals surface area contributed by atoms with Gasteiger partial charge in [-0.1, -0.05) is 43.3 Å². The van der Waals surface area contributed by atoms with Crippen molar-refractivity contribution in [2.45, 2.75) is 32.4 Å². The lowest BCUT2D eigenvalue weighted by Gasteiger charge is -2.36. The topological polar surface area (TPSA) is 35.6 Å². The zero-order valence-electron chi connectivity index (χ0n) is 15.7. The van der Waals surface area contributed by atoms with Gasteiger partial charge in [-0.15, -0.1) is 11.3 Å². The molecule has 2 heterocycles. The molecule has 0 unspecified atom stereocenters. The summed E-state index contributed by atoms with van der Waals surface area (Å²) in [5.74, 6) is 0.807. The summed E-state index contributed by atoms with van der Waals surface area (Å²) in [7, 11) is 1.85. The molecule has 1 atom stereocenters. The van der Waals surface area contributed by atoms with E-state index in [0.717, 1.165) is 24.6 Å². The summed E-state index contributed by atoms with van der Waals surface area (Å²) in [4.78, 5) is 18.2. The molecule has 0 saturated carbocycles. The van der Waals surface area contributed by atoms with Crippen molar-refractivity contribution < 1.29 is 4.79 Å². The van der Waals surface area contributed by atoms with Crippen molar-refractivity contribution in [1.29, 1.82) is 0 Å². The van der Waals surface area contributed by atoms with Gasteiger partial charge in [0.05, 0.1) is 6.04 Å². The minimum Gasteiger partial charge on any atom is -0.336 e. The molecule has 1 aromatic carbocycles. The zero-order valence-corrected chi connectivity index (χ0v) is 16.5. The lowest BCUT2D eigenvalue weighted by atomic mass is 9.97. The molecule has 5 heteroatoms. The molecule has 3 rings (SSSR count). The van der Waals surface area contributed by atoms with E-state index < -0.39 is 0 Å². The molecule has 1 aromatic heterocycles. The first-order valence-corrected chi connectivity index (χ1v) is 10.3. The van der Waals surface area contributed by atoms with Gasteiger partial charge in [0.2, 0.25) is 0 Å². The van der Waals surface area contributed by atoms with Crippen LogP contribution >= 0.6 is 11.3 Å². The van der Waals surface area contributed by atoms with Gasteiger partial charge in [-0.3, -0.25) is 4.90 Å². The van der Waals surface area contributed by atoms with Crippen LogP contribution in [-0.4, -0.2) is 42.5 Å². The Morgan fingerprint density at radius 1 is 1.23 bits per heavy atom. The van der Waals surface area contributed by atoms with E-state index in [9.17, 15) is 4.79 Å². The van der Waals surface area contributed by atoms with Gasteiger partial charge in [0.15, 0.2) is 0 Å². The van der Waals surface area contributed by atoms with Gasteiger partial charge in [-0.25, -0.2) is 4.79 Å². The standard InChI is InChI=1S/C21H29N3OS/c1-17-10-12-24(13-11-17)19(20-9-6-14-26-20)15-22-21(25)23(2)16-18-7-4-3-5-8-18/h3-9,14,17,19H,10-13,15-16H2,1-2H3,(H,22,25)/t19-/m1/s1. The van der Waals surface area contributed by atoms with Gasteiger partial charge in [0.1, 0.15) is 0 Å². The number of benzene rings is 1. The molecular weight excluding hydrogens is 342 g/mol. The maximum absolute atomic E-state index is 12.6. The number of nitrogens with one attached hydrogen (secondary N) is 1. The van der Waals surface area contributed by atoms with E-state index in [2.05, 4.69) is 34.7 Å². The number of carbonyl (C=O) groups excluding carboxylic acids is 1. The lowest BCUT2D eigenvalue weighted by Crippen LogP contribution is -2.44. The second-order valence-corrected chi connectivity index (χ2v) is 8.26. The highest BCUT2D eigenvalue weighted by Gasteiger charge is 2.26. The SMILES string of the molecule is CC1CCN([C@H](CNC(=O)N(C)Cc2ccccc2)c2cccs2)CC1. The van der Waals surface area contributed by atoms with E-state index in [1.165, 1.54) is 17.7 Å². The molecule has 0 radical (unpaired) electrons. The normalized spacial score (nSPS) is 17.0. The summed E-state index contributed by atoms with van der Waals surface area (Å²) in [6, 6.07) is 14.7. The van der Waals surface area contributed by atoms with E-state index in [1.54, 1.807) is 16.2 Å². The van der Waals surface area contributed by atoms with Crippen molar-refractivity contribution in [3.8, 4) is 0 Å². The Labute approximate surface area is 160 Å². The fourth-order valence-corrected chi connectivity index (χ4v) is 4.34. The number of amides is 2. The van der Waals surface area contributed by atoms with Crippen molar-refractivity contribution in [2.75, 3.05) is 26.7 Å². The molecule has 26 heavy (non-hydrogen) atoms. The summed E-state index contributed by atoms with van der Waals surface area (Å²) in [6.07, 6.45) is 2.48. The highest BCUT2D eigenvalue weighted by Crippen LogP contribution is 2.29. The van der Waals surface area contributed by atoms with Gasteiger partial charge in [0.25, 0.3) is 0 Å². The van der Waals surface area contributed by atoms with Gasteiger partial charge in [-0.05, 0) is 48.9 Å².